The van der Waals surface area contributed by atoms with Crippen molar-refractivity contribution in [3.05, 3.63) is 89.5 Å². The fourth-order valence-electron chi connectivity index (χ4n) is 3.75. The van der Waals surface area contributed by atoms with E-state index >= 15 is 0 Å². The lowest BCUT2D eigenvalue weighted by molar-refractivity contribution is -0.0627. The Labute approximate surface area is 186 Å². The summed E-state index contributed by atoms with van der Waals surface area (Å²) < 4.78 is 11.9. The summed E-state index contributed by atoms with van der Waals surface area (Å²) >= 11 is 0. The summed E-state index contributed by atoms with van der Waals surface area (Å²) in [5, 5.41) is 13.9. The minimum absolute atomic E-state index is 0.112. The number of amides is 1. The lowest BCUT2D eigenvalue weighted by Gasteiger charge is -2.42. The molecule has 1 aliphatic heterocycles. The average molecular weight is 431 g/mol. The Balaban J connectivity index is 1.68. The molecule has 0 aliphatic carbocycles. The second-order valence-corrected chi connectivity index (χ2v) is 8.32. The van der Waals surface area contributed by atoms with Crippen LogP contribution in [0.15, 0.2) is 72.8 Å². The van der Waals surface area contributed by atoms with Crippen molar-refractivity contribution in [2.75, 3.05) is 0 Å². The van der Waals surface area contributed by atoms with Gasteiger partial charge in [0.15, 0.2) is 5.78 Å². The normalized spacial score (nSPS) is 18.8. The number of ketones is 1. The number of fused-ring (bicyclic) bond motifs is 1. The first kappa shape index (κ1) is 21.6. The molecule has 2 unspecified atom stereocenters. The molecule has 1 amide bonds. The molecule has 0 aromatic heterocycles. The van der Waals surface area contributed by atoms with Gasteiger partial charge in [-0.2, -0.15) is 0 Å². The monoisotopic (exact) mass is 431 g/mol. The van der Waals surface area contributed by atoms with Gasteiger partial charge < -0.3 is 19.9 Å². The van der Waals surface area contributed by atoms with Crippen molar-refractivity contribution in [2.24, 2.45) is 0 Å². The Morgan fingerprint density at radius 1 is 1.00 bits per heavy atom. The maximum atomic E-state index is 13.3. The zero-order valence-corrected chi connectivity index (χ0v) is 18.2. The molecule has 0 fully saturated rings. The Morgan fingerprint density at radius 2 is 1.69 bits per heavy atom. The predicted molar refractivity (Wildman–Crippen MR) is 120 cm³/mol. The van der Waals surface area contributed by atoms with Gasteiger partial charge in [0.25, 0.3) is 5.91 Å². The van der Waals surface area contributed by atoms with E-state index in [9.17, 15) is 14.7 Å². The number of carbonyl (C=O) groups excluding carboxylic acids is 2. The summed E-state index contributed by atoms with van der Waals surface area (Å²) in [7, 11) is 0. The SMILES string of the molecule is CC(=O)c1ccc2c(c1)C(NC(=O)c1ccccc1Oc1ccccc1)C(O)C(C)(C)O2. The van der Waals surface area contributed by atoms with E-state index in [1.807, 2.05) is 18.2 Å². The van der Waals surface area contributed by atoms with Crippen LogP contribution in [-0.2, 0) is 0 Å². The van der Waals surface area contributed by atoms with Gasteiger partial charge in [-0.25, -0.2) is 0 Å². The highest BCUT2D eigenvalue weighted by Crippen LogP contribution is 2.40. The Hall–Kier alpha value is -3.64. The minimum atomic E-state index is -1.04. The minimum Gasteiger partial charge on any atom is -0.485 e. The first-order chi connectivity index (χ1) is 15.3. The van der Waals surface area contributed by atoms with Crippen LogP contribution in [0.4, 0.5) is 0 Å². The zero-order valence-electron chi connectivity index (χ0n) is 18.2. The van der Waals surface area contributed by atoms with Gasteiger partial charge in [0, 0.05) is 11.1 Å². The molecule has 6 nitrogen and oxygen atoms in total. The lowest BCUT2D eigenvalue weighted by atomic mass is 9.85. The average Bonchev–Trinajstić information content (AvgIpc) is 2.77. The maximum Gasteiger partial charge on any atom is 0.255 e. The number of hydrogen-bond donors (Lipinski definition) is 2. The molecular formula is C26H25NO5. The molecule has 0 spiro atoms. The maximum absolute atomic E-state index is 13.3. The van der Waals surface area contributed by atoms with Gasteiger partial charge in [0.05, 0.1) is 11.6 Å². The van der Waals surface area contributed by atoms with Crippen molar-refractivity contribution < 1.29 is 24.2 Å². The molecule has 3 aromatic rings. The lowest BCUT2D eigenvalue weighted by Crippen LogP contribution is -2.53. The summed E-state index contributed by atoms with van der Waals surface area (Å²) in [6, 6.07) is 20.4. The number of rotatable bonds is 5. The number of aliphatic hydroxyl groups is 1. The molecule has 164 valence electrons. The Kier molecular flexibility index (Phi) is 5.72. The topological polar surface area (TPSA) is 84.9 Å². The number of nitrogens with one attached hydrogen (secondary N) is 1. The molecule has 2 atom stereocenters. The first-order valence-corrected chi connectivity index (χ1v) is 10.4. The highest BCUT2D eigenvalue weighted by molar-refractivity contribution is 5.97. The van der Waals surface area contributed by atoms with Crippen LogP contribution in [0.25, 0.3) is 0 Å². The van der Waals surface area contributed by atoms with E-state index in [4.69, 9.17) is 9.47 Å². The van der Waals surface area contributed by atoms with Crippen LogP contribution in [0, 0.1) is 0 Å². The van der Waals surface area contributed by atoms with Crippen LogP contribution in [0.5, 0.6) is 17.2 Å². The van der Waals surface area contributed by atoms with E-state index in [2.05, 4.69) is 5.32 Å². The molecule has 4 rings (SSSR count). The fraction of sp³-hybridized carbons (Fsp3) is 0.231. The molecule has 2 N–H and O–H groups in total. The number of benzene rings is 3. The molecular weight excluding hydrogens is 406 g/mol. The zero-order chi connectivity index (χ0) is 22.9. The van der Waals surface area contributed by atoms with Gasteiger partial charge >= 0.3 is 0 Å². The molecule has 1 heterocycles. The fourth-order valence-corrected chi connectivity index (χ4v) is 3.75. The molecule has 3 aromatic carbocycles. The van der Waals surface area contributed by atoms with Crippen LogP contribution in [0.2, 0.25) is 0 Å². The van der Waals surface area contributed by atoms with E-state index in [-0.39, 0.29) is 5.78 Å². The molecule has 1 aliphatic rings. The van der Waals surface area contributed by atoms with Crippen LogP contribution in [0.3, 0.4) is 0 Å². The van der Waals surface area contributed by atoms with Crippen molar-refractivity contribution in [3.8, 4) is 17.2 Å². The quantitative estimate of drug-likeness (QED) is 0.573. The summed E-state index contributed by atoms with van der Waals surface area (Å²) in [5.41, 5.74) is 0.422. The van der Waals surface area contributed by atoms with Crippen molar-refractivity contribution in [1.82, 2.24) is 5.32 Å². The third-order valence-corrected chi connectivity index (χ3v) is 5.54. The largest absolute Gasteiger partial charge is 0.485 e. The second-order valence-electron chi connectivity index (χ2n) is 8.32. The Morgan fingerprint density at radius 3 is 2.41 bits per heavy atom. The summed E-state index contributed by atoms with van der Waals surface area (Å²) in [4.78, 5) is 25.2. The number of aliphatic hydroxyl groups excluding tert-OH is 1. The van der Waals surface area contributed by atoms with Crippen LogP contribution < -0.4 is 14.8 Å². The summed E-state index contributed by atoms with van der Waals surface area (Å²) in [6.45, 7) is 4.98. The molecule has 0 radical (unpaired) electrons. The van der Waals surface area contributed by atoms with Gasteiger partial charge in [-0.1, -0.05) is 30.3 Å². The third-order valence-electron chi connectivity index (χ3n) is 5.54. The van der Waals surface area contributed by atoms with E-state index in [0.29, 0.717) is 33.9 Å². The highest BCUT2D eigenvalue weighted by Gasteiger charge is 2.44. The van der Waals surface area contributed by atoms with E-state index < -0.39 is 23.7 Å². The number of carbonyl (C=O) groups is 2. The molecule has 6 heteroatoms. The predicted octanol–water partition coefficient (Wildman–Crippen LogP) is 4.68. The molecule has 0 bridgehead atoms. The number of hydrogen-bond acceptors (Lipinski definition) is 5. The summed E-state index contributed by atoms with van der Waals surface area (Å²) in [5.74, 6) is 1.01. The first-order valence-electron chi connectivity index (χ1n) is 10.4. The van der Waals surface area contributed by atoms with Crippen LogP contribution in [-0.4, -0.2) is 28.5 Å². The Bertz CT molecular complexity index is 1160. The number of para-hydroxylation sites is 2. The van der Waals surface area contributed by atoms with Crippen molar-refractivity contribution in [3.63, 3.8) is 0 Å². The van der Waals surface area contributed by atoms with Gasteiger partial charge in [-0.15, -0.1) is 0 Å². The van der Waals surface area contributed by atoms with Crippen molar-refractivity contribution >= 4 is 11.7 Å². The third kappa shape index (κ3) is 4.22. The van der Waals surface area contributed by atoms with E-state index in [0.717, 1.165) is 0 Å². The summed E-state index contributed by atoms with van der Waals surface area (Å²) in [6.07, 6.45) is -1.04. The van der Waals surface area contributed by atoms with Gasteiger partial charge in [0.1, 0.15) is 29.0 Å². The van der Waals surface area contributed by atoms with Gasteiger partial charge in [-0.3, -0.25) is 9.59 Å². The molecule has 32 heavy (non-hydrogen) atoms. The van der Waals surface area contributed by atoms with E-state index in [1.54, 1.807) is 68.4 Å². The standard InChI is InChI=1S/C26H25NO5/c1-16(28)17-13-14-22-20(15-17)23(24(29)26(2,3)32-22)27-25(30)19-11-7-8-12-21(19)31-18-9-5-4-6-10-18/h4-15,23-24,29H,1-3H3,(H,27,30). The molecule has 0 saturated heterocycles. The number of ether oxygens (including phenoxy) is 2. The van der Waals surface area contributed by atoms with Gasteiger partial charge in [-0.05, 0) is 63.2 Å². The smallest absolute Gasteiger partial charge is 0.255 e. The second kappa shape index (κ2) is 8.48. The van der Waals surface area contributed by atoms with Crippen molar-refractivity contribution in [1.29, 1.82) is 0 Å². The van der Waals surface area contributed by atoms with Crippen LogP contribution in [0.1, 0.15) is 53.1 Å². The van der Waals surface area contributed by atoms with Crippen LogP contribution >= 0.6 is 0 Å². The number of Topliss-reactive ketones (excluding diaryl/α,β-unsaturated/α-hetero) is 1. The molecule has 0 saturated carbocycles. The van der Waals surface area contributed by atoms with Crippen molar-refractivity contribution in [2.45, 2.75) is 38.5 Å². The van der Waals surface area contributed by atoms with E-state index in [1.165, 1.54) is 6.92 Å². The van der Waals surface area contributed by atoms with Gasteiger partial charge in [0.2, 0.25) is 0 Å². The highest BCUT2D eigenvalue weighted by atomic mass is 16.5.